The first-order valence-corrected chi connectivity index (χ1v) is 6.47. The molecular weight excluding hydrogens is 234 g/mol. The van der Waals surface area contributed by atoms with Gasteiger partial charge in [0.15, 0.2) is 11.6 Å². The van der Waals surface area contributed by atoms with Crippen molar-refractivity contribution in [3.8, 4) is 0 Å². The van der Waals surface area contributed by atoms with E-state index in [1.165, 1.54) is 25.3 Å². The third-order valence-corrected chi connectivity index (χ3v) is 3.87. The second-order valence-corrected chi connectivity index (χ2v) is 5.13. The van der Waals surface area contributed by atoms with E-state index in [9.17, 15) is 8.78 Å². The third kappa shape index (κ3) is 2.70. The lowest BCUT2D eigenvalue weighted by atomic mass is 9.84. The van der Waals surface area contributed by atoms with Crippen LogP contribution in [0.5, 0.6) is 0 Å². The second-order valence-electron chi connectivity index (χ2n) is 5.13. The summed E-state index contributed by atoms with van der Waals surface area (Å²) in [6.45, 7) is 1.20. The highest BCUT2D eigenvalue weighted by atomic mass is 19.2. The van der Waals surface area contributed by atoms with E-state index < -0.39 is 11.6 Å². The van der Waals surface area contributed by atoms with E-state index in [4.69, 9.17) is 5.73 Å². The summed E-state index contributed by atoms with van der Waals surface area (Å²) in [6, 6.07) is 4.04. The van der Waals surface area contributed by atoms with Gasteiger partial charge in [-0.05, 0) is 31.9 Å². The van der Waals surface area contributed by atoms with Crippen LogP contribution in [0.1, 0.15) is 30.9 Å². The van der Waals surface area contributed by atoms with Gasteiger partial charge in [-0.25, -0.2) is 8.78 Å². The van der Waals surface area contributed by atoms with E-state index >= 15 is 0 Å². The quantitative estimate of drug-likeness (QED) is 0.875. The number of hydrogen-bond donors (Lipinski definition) is 1. The number of nitrogens with zero attached hydrogens (tertiary/aromatic N) is 1. The van der Waals surface area contributed by atoms with E-state index in [2.05, 4.69) is 0 Å². The molecule has 1 saturated carbocycles. The Morgan fingerprint density at radius 2 is 2.11 bits per heavy atom. The Labute approximate surface area is 107 Å². The lowest BCUT2D eigenvalue weighted by molar-refractivity contribution is 0.162. The molecule has 0 saturated heterocycles. The van der Waals surface area contributed by atoms with Crippen LogP contribution >= 0.6 is 0 Å². The Kier molecular flexibility index (Phi) is 4.30. The summed E-state index contributed by atoms with van der Waals surface area (Å²) in [7, 11) is 1.93. The first kappa shape index (κ1) is 13.4. The fraction of sp³-hybridized carbons (Fsp3) is 0.571. The molecule has 1 aromatic carbocycles. The normalized spacial score (nSPS) is 17.8. The van der Waals surface area contributed by atoms with Gasteiger partial charge < -0.3 is 5.73 Å². The maximum atomic E-state index is 13.8. The lowest BCUT2D eigenvalue weighted by Gasteiger charge is -2.34. The Balaban J connectivity index is 2.13. The maximum absolute atomic E-state index is 13.8. The average molecular weight is 254 g/mol. The SMILES string of the molecule is CN(CC1CCC1)C(CN)c1cccc(F)c1F. The fourth-order valence-electron chi connectivity index (χ4n) is 2.53. The minimum Gasteiger partial charge on any atom is -0.329 e. The molecule has 0 aliphatic heterocycles. The average Bonchev–Trinajstić information content (AvgIpc) is 2.30. The van der Waals surface area contributed by atoms with Gasteiger partial charge in [-0.2, -0.15) is 0 Å². The largest absolute Gasteiger partial charge is 0.329 e. The van der Waals surface area contributed by atoms with Crippen molar-refractivity contribution in [2.45, 2.75) is 25.3 Å². The standard InChI is InChI=1S/C14H20F2N2/c1-18(9-10-4-2-5-10)13(8-17)11-6-3-7-12(15)14(11)16/h3,6-7,10,13H,2,4-5,8-9,17H2,1H3. The zero-order valence-electron chi connectivity index (χ0n) is 10.7. The van der Waals surface area contributed by atoms with Crippen molar-refractivity contribution in [1.82, 2.24) is 4.90 Å². The molecule has 2 N–H and O–H groups in total. The van der Waals surface area contributed by atoms with Crippen LogP contribution < -0.4 is 5.73 Å². The molecular formula is C14H20F2N2. The minimum atomic E-state index is -0.803. The van der Waals surface area contributed by atoms with Gasteiger partial charge in [0.25, 0.3) is 0 Å². The van der Waals surface area contributed by atoms with Crippen molar-refractivity contribution < 1.29 is 8.78 Å². The molecule has 0 spiro atoms. The van der Waals surface area contributed by atoms with Gasteiger partial charge in [0.05, 0.1) is 0 Å². The number of likely N-dealkylation sites (N-methyl/N-ethyl adjacent to an activating group) is 1. The number of benzene rings is 1. The smallest absolute Gasteiger partial charge is 0.163 e. The monoisotopic (exact) mass is 254 g/mol. The third-order valence-electron chi connectivity index (χ3n) is 3.87. The van der Waals surface area contributed by atoms with Crippen molar-refractivity contribution in [3.05, 3.63) is 35.4 Å². The Morgan fingerprint density at radius 1 is 1.39 bits per heavy atom. The van der Waals surface area contributed by atoms with Crippen LogP contribution in [0.25, 0.3) is 0 Å². The molecule has 1 aliphatic carbocycles. The van der Waals surface area contributed by atoms with E-state index in [0.717, 1.165) is 12.6 Å². The van der Waals surface area contributed by atoms with Gasteiger partial charge in [0.2, 0.25) is 0 Å². The van der Waals surface area contributed by atoms with Crippen LogP contribution in [-0.2, 0) is 0 Å². The van der Waals surface area contributed by atoms with E-state index in [1.807, 2.05) is 11.9 Å². The van der Waals surface area contributed by atoms with E-state index in [-0.39, 0.29) is 6.04 Å². The molecule has 1 fully saturated rings. The van der Waals surface area contributed by atoms with Crippen molar-refractivity contribution in [3.63, 3.8) is 0 Å². The highest BCUT2D eigenvalue weighted by molar-refractivity contribution is 5.23. The molecule has 1 aliphatic rings. The van der Waals surface area contributed by atoms with Gasteiger partial charge >= 0.3 is 0 Å². The fourth-order valence-corrected chi connectivity index (χ4v) is 2.53. The first-order chi connectivity index (χ1) is 8.63. The van der Waals surface area contributed by atoms with E-state index in [1.54, 1.807) is 6.07 Å². The molecule has 1 unspecified atom stereocenters. The summed E-state index contributed by atoms with van der Waals surface area (Å²) >= 11 is 0. The number of rotatable bonds is 5. The number of nitrogens with two attached hydrogens (primary N) is 1. The highest BCUT2D eigenvalue weighted by Crippen LogP contribution is 2.30. The second kappa shape index (κ2) is 5.76. The molecule has 0 bridgehead atoms. The molecule has 1 atom stereocenters. The predicted molar refractivity (Wildman–Crippen MR) is 68.1 cm³/mol. The van der Waals surface area contributed by atoms with Gasteiger partial charge in [-0.3, -0.25) is 4.90 Å². The van der Waals surface area contributed by atoms with Crippen LogP contribution in [0.2, 0.25) is 0 Å². The molecule has 100 valence electrons. The van der Waals surface area contributed by atoms with Gasteiger partial charge in [-0.1, -0.05) is 18.6 Å². The summed E-state index contributed by atoms with van der Waals surface area (Å²) < 4.78 is 27.0. The molecule has 0 radical (unpaired) electrons. The Morgan fingerprint density at radius 3 is 2.67 bits per heavy atom. The summed E-state index contributed by atoms with van der Waals surface area (Å²) in [6.07, 6.45) is 3.74. The Hall–Kier alpha value is -1.00. The molecule has 2 nitrogen and oxygen atoms in total. The Bertz CT molecular complexity index is 405. The summed E-state index contributed by atoms with van der Waals surface area (Å²) in [5, 5.41) is 0. The van der Waals surface area contributed by atoms with Gasteiger partial charge in [-0.15, -0.1) is 0 Å². The van der Waals surface area contributed by atoms with E-state index in [0.29, 0.717) is 18.0 Å². The molecule has 2 rings (SSSR count). The molecule has 0 heterocycles. The molecule has 0 aromatic heterocycles. The molecule has 0 amide bonds. The van der Waals surface area contributed by atoms with Crippen LogP contribution in [0.15, 0.2) is 18.2 Å². The topological polar surface area (TPSA) is 29.3 Å². The summed E-state index contributed by atoms with van der Waals surface area (Å²) in [4.78, 5) is 2.04. The molecule has 4 heteroatoms. The lowest BCUT2D eigenvalue weighted by Crippen LogP contribution is -2.36. The van der Waals surface area contributed by atoms with Gasteiger partial charge in [0.1, 0.15) is 0 Å². The van der Waals surface area contributed by atoms with Crippen LogP contribution in [0.4, 0.5) is 8.78 Å². The minimum absolute atomic E-state index is 0.249. The maximum Gasteiger partial charge on any atom is 0.163 e. The molecule has 1 aromatic rings. The molecule has 18 heavy (non-hydrogen) atoms. The number of hydrogen-bond acceptors (Lipinski definition) is 2. The zero-order valence-corrected chi connectivity index (χ0v) is 10.7. The summed E-state index contributed by atoms with van der Waals surface area (Å²) in [5.41, 5.74) is 6.09. The zero-order chi connectivity index (χ0) is 13.1. The summed E-state index contributed by atoms with van der Waals surface area (Å²) in [5.74, 6) is -0.892. The highest BCUT2D eigenvalue weighted by Gasteiger charge is 2.25. The first-order valence-electron chi connectivity index (χ1n) is 6.47. The van der Waals surface area contributed by atoms with Gasteiger partial charge in [0, 0.05) is 24.7 Å². The van der Waals surface area contributed by atoms with Crippen molar-refractivity contribution >= 4 is 0 Å². The van der Waals surface area contributed by atoms with Crippen molar-refractivity contribution in [2.24, 2.45) is 11.7 Å². The van der Waals surface area contributed by atoms with Crippen LogP contribution in [-0.4, -0.2) is 25.0 Å². The predicted octanol–water partition coefficient (Wildman–Crippen LogP) is 2.70. The van der Waals surface area contributed by atoms with Crippen molar-refractivity contribution in [2.75, 3.05) is 20.1 Å². The van der Waals surface area contributed by atoms with Crippen LogP contribution in [0.3, 0.4) is 0 Å². The van der Waals surface area contributed by atoms with Crippen LogP contribution in [0, 0.1) is 17.6 Å². The van der Waals surface area contributed by atoms with Crippen molar-refractivity contribution in [1.29, 1.82) is 0 Å². The number of halogens is 2.